The van der Waals surface area contributed by atoms with Crippen LogP contribution in [0.5, 0.6) is 0 Å². The van der Waals surface area contributed by atoms with Crippen LogP contribution < -0.4 is 10.2 Å². The number of carbonyl (C=O) groups is 2. The molecule has 0 radical (unpaired) electrons. The van der Waals surface area contributed by atoms with Crippen LogP contribution in [0.1, 0.15) is 34.8 Å². The summed E-state index contributed by atoms with van der Waals surface area (Å²) in [6.45, 7) is 3.06. The van der Waals surface area contributed by atoms with Gasteiger partial charge in [-0.15, -0.1) is 0 Å². The summed E-state index contributed by atoms with van der Waals surface area (Å²) in [5.41, 5.74) is 3.72. The topological polar surface area (TPSA) is 49.4 Å². The van der Waals surface area contributed by atoms with Crippen molar-refractivity contribution in [2.75, 3.05) is 11.4 Å². The van der Waals surface area contributed by atoms with Crippen molar-refractivity contribution < 1.29 is 9.59 Å². The van der Waals surface area contributed by atoms with Crippen molar-refractivity contribution in [1.29, 1.82) is 0 Å². The largest absolute Gasteiger partial charge is 0.348 e. The molecule has 0 bridgehead atoms. The highest BCUT2D eigenvalue weighted by Crippen LogP contribution is 2.29. The van der Waals surface area contributed by atoms with Gasteiger partial charge in [-0.1, -0.05) is 36.7 Å². The molecule has 1 N–H and O–H groups in total. The minimum absolute atomic E-state index is 0.149. The highest BCUT2D eigenvalue weighted by molar-refractivity contribution is 6.30. The van der Waals surface area contributed by atoms with Crippen LogP contribution in [0.2, 0.25) is 5.02 Å². The van der Waals surface area contributed by atoms with E-state index in [1.165, 1.54) is 0 Å². The van der Waals surface area contributed by atoms with Crippen LogP contribution in [-0.2, 0) is 17.8 Å². The first-order chi connectivity index (χ1) is 11.6. The lowest BCUT2D eigenvalue weighted by atomic mass is 10.1. The van der Waals surface area contributed by atoms with Crippen molar-refractivity contribution in [3.63, 3.8) is 0 Å². The third kappa shape index (κ3) is 3.44. The summed E-state index contributed by atoms with van der Waals surface area (Å²) >= 11 is 5.91. The average molecular weight is 343 g/mol. The molecule has 4 nitrogen and oxygen atoms in total. The number of nitrogens with zero attached hydrogens (tertiary/aromatic N) is 1. The highest BCUT2D eigenvalue weighted by Gasteiger charge is 2.23. The maximum Gasteiger partial charge on any atom is 0.251 e. The number of nitrogens with one attached hydrogen (secondary N) is 1. The molecule has 1 aliphatic rings. The SMILES string of the molecule is CCC(=O)N1CCc2cc(CNC(=O)c3cccc(Cl)c3)ccc21. The lowest BCUT2D eigenvalue weighted by molar-refractivity contribution is -0.118. The molecule has 0 fully saturated rings. The molecular weight excluding hydrogens is 324 g/mol. The van der Waals surface area contributed by atoms with E-state index in [4.69, 9.17) is 11.6 Å². The van der Waals surface area contributed by atoms with E-state index in [1.807, 2.05) is 24.0 Å². The molecule has 0 atom stereocenters. The number of hydrogen-bond acceptors (Lipinski definition) is 2. The van der Waals surface area contributed by atoms with Crippen molar-refractivity contribution in [3.05, 3.63) is 64.2 Å². The summed E-state index contributed by atoms with van der Waals surface area (Å²) in [6.07, 6.45) is 1.37. The van der Waals surface area contributed by atoms with Gasteiger partial charge in [0.15, 0.2) is 0 Å². The molecule has 24 heavy (non-hydrogen) atoms. The van der Waals surface area contributed by atoms with Gasteiger partial charge in [0.2, 0.25) is 5.91 Å². The Morgan fingerprint density at radius 2 is 2.04 bits per heavy atom. The fraction of sp³-hybridized carbons (Fsp3) is 0.263. The smallest absolute Gasteiger partial charge is 0.251 e. The lowest BCUT2D eigenvalue weighted by Crippen LogP contribution is -2.27. The number of anilines is 1. The molecule has 2 amide bonds. The second-order valence-corrected chi connectivity index (χ2v) is 6.24. The van der Waals surface area contributed by atoms with Crippen LogP contribution in [0.25, 0.3) is 0 Å². The Balaban J connectivity index is 1.67. The van der Waals surface area contributed by atoms with Gasteiger partial charge in [-0.2, -0.15) is 0 Å². The summed E-state index contributed by atoms with van der Waals surface area (Å²) in [5, 5.41) is 3.44. The molecule has 2 aromatic rings. The Morgan fingerprint density at radius 1 is 1.21 bits per heavy atom. The molecular formula is C19H19ClN2O2. The Kier molecular flexibility index (Phi) is 4.86. The van der Waals surface area contributed by atoms with Crippen molar-refractivity contribution >= 4 is 29.1 Å². The maximum absolute atomic E-state index is 12.2. The first-order valence-corrected chi connectivity index (χ1v) is 8.42. The Morgan fingerprint density at radius 3 is 2.79 bits per heavy atom. The van der Waals surface area contributed by atoms with Crippen LogP contribution >= 0.6 is 11.6 Å². The fourth-order valence-electron chi connectivity index (χ4n) is 2.93. The number of hydrogen-bond donors (Lipinski definition) is 1. The predicted octanol–water partition coefficient (Wildman–Crippen LogP) is 3.57. The molecule has 0 saturated carbocycles. The van der Waals surface area contributed by atoms with E-state index in [1.54, 1.807) is 24.3 Å². The van der Waals surface area contributed by atoms with Crippen LogP contribution in [0.4, 0.5) is 5.69 Å². The zero-order valence-corrected chi connectivity index (χ0v) is 14.3. The molecule has 0 aliphatic carbocycles. The molecule has 0 unspecified atom stereocenters. The van der Waals surface area contributed by atoms with E-state index in [9.17, 15) is 9.59 Å². The van der Waals surface area contributed by atoms with E-state index in [2.05, 4.69) is 11.4 Å². The molecule has 1 aliphatic heterocycles. The van der Waals surface area contributed by atoms with Crippen molar-refractivity contribution in [2.45, 2.75) is 26.3 Å². The van der Waals surface area contributed by atoms with Gasteiger partial charge in [-0.25, -0.2) is 0 Å². The monoisotopic (exact) mass is 342 g/mol. The quantitative estimate of drug-likeness (QED) is 0.923. The highest BCUT2D eigenvalue weighted by atomic mass is 35.5. The molecule has 0 spiro atoms. The number of carbonyl (C=O) groups excluding carboxylic acids is 2. The summed E-state index contributed by atoms with van der Waals surface area (Å²) in [7, 11) is 0. The number of rotatable bonds is 4. The van der Waals surface area contributed by atoms with Crippen LogP contribution in [-0.4, -0.2) is 18.4 Å². The third-order valence-corrected chi connectivity index (χ3v) is 4.42. The van der Waals surface area contributed by atoms with Gasteiger partial charge in [-0.3, -0.25) is 9.59 Å². The Hall–Kier alpha value is -2.33. The van der Waals surface area contributed by atoms with Crippen LogP contribution in [0, 0.1) is 0 Å². The van der Waals surface area contributed by atoms with E-state index < -0.39 is 0 Å². The summed E-state index contributed by atoms with van der Waals surface area (Å²) in [5.74, 6) is -0.00320. The number of halogens is 1. The van der Waals surface area contributed by atoms with Gasteiger partial charge in [0.05, 0.1) is 0 Å². The third-order valence-electron chi connectivity index (χ3n) is 4.18. The van der Waals surface area contributed by atoms with Gasteiger partial charge in [0.1, 0.15) is 0 Å². The molecule has 0 aromatic heterocycles. The first kappa shape index (κ1) is 16.5. The Bertz CT molecular complexity index is 789. The van der Waals surface area contributed by atoms with E-state index in [-0.39, 0.29) is 11.8 Å². The maximum atomic E-state index is 12.2. The zero-order chi connectivity index (χ0) is 17.1. The second kappa shape index (κ2) is 7.05. The van der Waals surface area contributed by atoms with E-state index in [0.29, 0.717) is 23.6 Å². The first-order valence-electron chi connectivity index (χ1n) is 8.04. The average Bonchev–Trinajstić information content (AvgIpc) is 3.02. The van der Waals surface area contributed by atoms with Crippen molar-refractivity contribution in [3.8, 4) is 0 Å². The van der Waals surface area contributed by atoms with Gasteiger partial charge in [0, 0.05) is 35.8 Å². The van der Waals surface area contributed by atoms with Crippen LogP contribution in [0.15, 0.2) is 42.5 Å². The van der Waals surface area contributed by atoms with Crippen molar-refractivity contribution in [1.82, 2.24) is 5.32 Å². The minimum Gasteiger partial charge on any atom is -0.348 e. The Labute approximate surface area is 146 Å². The predicted molar refractivity (Wildman–Crippen MR) is 95.4 cm³/mol. The summed E-state index contributed by atoms with van der Waals surface area (Å²) < 4.78 is 0. The lowest BCUT2D eigenvalue weighted by Gasteiger charge is -2.16. The summed E-state index contributed by atoms with van der Waals surface area (Å²) in [6, 6.07) is 12.9. The van der Waals surface area contributed by atoms with Crippen LogP contribution in [0.3, 0.4) is 0 Å². The zero-order valence-electron chi connectivity index (χ0n) is 13.5. The van der Waals surface area contributed by atoms with Gasteiger partial charge in [-0.05, 0) is 41.8 Å². The van der Waals surface area contributed by atoms with Gasteiger partial charge < -0.3 is 10.2 Å². The number of benzene rings is 2. The summed E-state index contributed by atoms with van der Waals surface area (Å²) in [4.78, 5) is 25.9. The molecule has 3 rings (SSSR count). The number of amides is 2. The van der Waals surface area contributed by atoms with Gasteiger partial charge in [0.25, 0.3) is 5.91 Å². The van der Waals surface area contributed by atoms with Crippen molar-refractivity contribution in [2.24, 2.45) is 0 Å². The fourth-order valence-corrected chi connectivity index (χ4v) is 3.12. The molecule has 0 saturated heterocycles. The standard InChI is InChI=1S/C19H19ClN2O2/c1-2-18(23)22-9-8-14-10-13(6-7-17(14)22)12-21-19(24)15-4-3-5-16(20)11-15/h3-7,10-11H,2,8-9,12H2,1H3,(H,21,24). The second-order valence-electron chi connectivity index (χ2n) is 5.81. The molecule has 2 aromatic carbocycles. The van der Waals surface area contributed by atoms with E-state index in [0.717, 1.165) is 29.8 Å². The minimum atomic E-state index is -0.152. The normalized spacial score (nSPS) is 12.8. The van der Waals surface area contributed by atoms with Gasteiger partial charge >= 0.3 is 0 Å². The molecule has 1 heterocycles. The molecule has 5 heteroatoms. The number of fused-ring (bicyclic) bond motifs is 1. The molecule has 124 valence electrons. The van der Waals surface area contributed by atoms with E-state index >= 15 is 0 Å².